The molecule has 1 aliphatic rings. The molecule has 0 bridgehead atoms. The Morgan fingerprint density at radius 2 is 1.50 bits per heavy atom. The number of nitrogens with zero attached hydrogens (tertiary/aromatic N) is 1. The fourth-order valence-electron chi connectivity index (χ4n) is 4.44. The Morgan fingerprint density at radius 1 is 0.808 bits per heavy atom. The van der Waals surface area contributed by atoms with Crippen LogP contribution in [0, 0.1) is 0 Å². The maximum atomic E-state index is 13.0. The second kappa shape index (κ2) is 7.43. The van der Waals surface area contributed by atoms with E-state index in [9.17, 15) is 4.79 Å². The minimum Gasteiger partial charge on any atom is -0.314 e. The fraction of sp³-hybridized carbons (Fsp3) is 0.292. The van der Waals surface area contributed by atoms with Crippen molar-refractivity contribution in [3.05, 3.63) is 83.9 Å². The summed E-state index contributed by atoms with van der Waals surface area (Å²) in [5, 5.41) is 2.42. The van der Waals surface area contributed by atoms with Crippen molar-refractivity contribution >= 4 is 16.6 Å². The molecule has 0 radical (unpaired) electrons. The molecule has 1 heterocycles. The molecule has 26 heavy (non-hydrogen) atoms. The highest BCUT2D eigenvalue weighted by molar-refractivity contribution is 5.91. The molecule has 3 aromatic carbocycles. The van der Waals surface area contributed by atoms with Crippen LogP contribution < -0.4 is 0 Å². The van der Waals surface area contributed by atoms with E-state index in [-0.39, 0.29) is 0 Å². The molecule has 0 unspecified atom stereocenters. The first-order valence-electron chi connectivity index (χ1n) is 9.62. The van der Waals surface area contributed by atoms with Gasteiger partial charge in [0, 0.05) is 24.8 Å². The SMILES string of the molecule is O=C(Cc1cccc2ccccc12)C[N+]1(Cc2ccccc2)CCCC1. The van der Waals surface area contributed by atoms with Crippen LogP contribution in [0.1, 0.15) is 24.0 Å². The minimum atomic E-state index is 0.360. The molecule has 2 heteroatoms. The molecule has 3 aromatic rings. The Balaban J connectivity index is 1.52. The van der Waals surface area contributed by atoms with E-state index in [1.54, 1.807) is 0 Å². The van der Waals surface area contributed by atoms with Gasteiger partial charge in [-0.15, -0.1) is 0 Å². The van der Waals surface area contributed by atoms with Crippen LogP contribution in [-0.4, -0.2) is 29.9 Å². The molecule has 4 rings (SSSR count). The zero-order valence-corrected chi connectivity index (χ0v) is 15.2. The van der Waals surface area contributed by atoms with Crippen LogP contribution in [0.5, 0.6) is 0 Å². The average molecular weight is 344 g/mol. The number of ketones is 1. The summed E-state index contributed by atoms with van der Waals surface area (Å²) in [6.07, 6.45) is 3.00. The molecule has 0 amide bonds. The number of benzene rings is 3. The molecule has 0 N–H and O–H groups in total. The molecule has 0 aliphatic carbocycles. The molecular weight excluding hydrogens is 318 g/mol. The zero-order chi connectivity index (χ0) is 17.8. The van der Waals surface area contributed by atoms with Crippen molar-refractivity contribution in [2.24, 2.45) is 0 Å². The Morgan fingerprint density at radius 3 is 2.31 bits per heavy atom. The number of hydrogen-bond acceptors (Lipinski definition) is 1. The van der Waals surface area contributed by atoms with Crippen molar-refractivity contribution in [1.82, 2.24) is 0 Å². The molecule has 0 aromatic heterocycles. The first-order chi connectivity index (χ1) is 12.7. The van der Waals surface area contributed by atoms with E-state index in [1.807, 2.05) is 0 Å². The van der Waals surface area contributed by atoms with Crippen LogP contribution in [0.3, 0.4) is 0 Å². The van der Waals surface area contributed by atoms with Crippen LogP contribution in [0.2, 0.25) is 0 Å². The van der Waals surface area contributed by atoms with Crippen molar-refractivity contribution in [2.75, 3.05) is 19.6 Å². The number of fused-ring (bicyclic) bond motifs is 1. The van der Waals surface area contributed by atoms with Gasteiger partial charge in [0.05, 0.1) is 13.1 Å². The van der Waals surface area contributed by atoms with Gasteiger partial charge >= 0.3 is 0 Å². The Labute approximate surface area is 155 Å². The van der Waals surface area contributed by atoms with Gasteiger partial charge in [-0.1, -0.05) is 72.8 Å². The maximum Gasteiger partial charge on any atom is 0.191 e. The van der Waals surface area contributed by atoms with Crippen LogP contribution >= 0.6 is 0 Å². The van der Waals surface area contributed by atoms with Crippen molar-refractivity contribution in [1.29, 1.82) is 0 Å². The molecule has 1 fully saturated rings. The van der Waals surface area contributed by atoms with Crippen molar-refractivity contribution in [3.63, 3.8) is 0 Å². The minimum absolute atomic E-state index is 0.360. The van der Waals surface area contributed by atoms with Gasteiger partial charge < -0.3 is 4.48 Å². The van der Waals surface area contributed by atoms with E-state index >= 15 is 0 Å². The summed E-state index contributed by atoms with van der Waals surface area (Å²) in [7, 11) is 0. The predicted octanol–water partition coefficient (Wildman–Crippen LogP) is 4.76. The lowest BCUT2D eigenvalue weighted by molar-refractivity contribution is -0.922. The van der Waals surface area contributed by atoms with E-state index in [4.69, 9.17) is 0 Å². The number of rotatable bonds is 6. The lowest BCUT2D eigenvalue weighted by Gasteiger charge is -2.33. The first kappa shape index (κ1) is 17.0. The Kier molecular flexibility index (Phi) is 4.85. The maximum absolute atomic E-state index is 13.0. The second-order valence-corrected chi connectivity index (χ2v) is 7.65. The first-order valence-corrected chi connectivity index (χ1v) is 9.62. The molecule has 1 saturated heterocycles. The van der Waals surface area contributed by atoms with Gasteiger partial charge in [0.2, 0.25) is 0 Å². The lowest BCUT2D eigenvalue weighted by atomic mass is 10.00. The fourth-order valence-corrected chi connectivity index (χ4v) is 4.44. The highest BCUT2D eigenvalue weighted by atomic mass is 16.1. The summed E-state index contributed by atoms with van der Waals surface area (Å²) in [5.74, 6) is 0.360. The molecule has 0 atom stereocenters. The van der Waals surface area contributed by atoms with Crippen LogP contribution in [0.25, 0.3) is 10.8 Å². The third kappa shape index (κ3) is 3.71. The number of carbonyl (C=O) groups is 1. The normalized spacial score (nSPS) is 16.0. The number of likely N-dealkylation sites (tertiary alicyclic amines) is 1. The molecule has 132 valence electrons. The highest BCUT2D eigenvalue weighted by Crippen LogP contribution is 2.25. The largest absolute Gasteiger partial charge is 0.314 e. The van der Waals surface area contributed by atoms with Gasteiger partial charge in [-0.3, -0.25) is 4.79 Å². The van der Waals surface area contributed by atoms with Gasteiger partial charge in [0.15, 0.2) is 5.78 Å². The third-order valence-electron chi connectivity index (χ3n) is 5.66. The lowest BCUT2D eigenvalue weighted by Crippen LogP contribution is -2.48. The smallest absolute Gasteiger partial charge is 0.191 e. The van der Waals surface area contributed by atoms with Crippen molar-refractivity contribution in [3.8, 4) is 0 Å². The van der Waals surface area contributed by atoms with E-state index < -0.39 is 0 Å². The van der Waals surface area contributed by atoms with Crippen LogP contribution in [-0.2, 0) is 17.8 Å². The topological polar surface area (TPSA) is 17.1 Å². The van der Waals surface area contributed by atoms with E-state index in [2.05, 4.69) is 72.8 Å². The molecule has 0 spiro atoms. The van der Waals surface area contributed by atoms with E-state index in [0.717, 1.165) is 29.7 Å². The number of carbonyl (C=O) groups excluding carboxylic acids is 1. The molecule has 1 aliphatic heterocycles. The number of quaternary nitrogens is 1. The standard InChI is InChI=1S/C24H26NO/c26-23(17-22-13-8-12-21-11-4-5-14-24(21)22)19-25(15-6-7-16-25)18-20-9-2-1-3-10-20/h1-5,8-14H,6-7,15-19H2/q+1. The molecule has 2 nitrogen and oxygen atoms in total. The zero-order valence-electron chi connectivity index (χ0n) is 15.2. The van der Waals surface area contributed by atoms with Crippen LogP contribution in [0.15, 0.2) is 72.8 Å². The summed E-state index contributed by atoms with van der Waals surface area (Å²) in [6, 6.07) is 25.3. The molecular formula is C24H26NO+. The summed E-state index contributed by atoms with van der Waals surface area (Å²) in [5.41, 5.74) is 2.50. The Hall–Kier alpha value is -2.45. The number of hydrogen-bond donors (Lipinski definition) is 0. The van der Waals surface area contributed by atoms with E-state index in [1.165, 1.54) is 29.2 Å². The Bertz CT molecular complexity index is 889. The van der Waals surface area contributed by atoms with Gasteiger partial charge in [-0.05, 0) is 16.3 Å². The summed E-state index contributed by atoms with van der Waals surface area (Å²) in [6.45, 7) is 3.87. The highest BCUT2D eigenvalue weighted by Gasteiger charge is 2.34. The number of Topliss-reactive ketones (excluding diaryl/α,β-unsaturated/α-hetero) is 1. The van der Waals surface area contributed by atoms with Gasteiger partial charge in [-0.25, -0.2) is 0 Å². The van der Waals surface area contributed by atoms with E-state index in [0.29, 0.717) is 18.7 Å². The monoisotopic (exact) mass is 344 g/mol. The summed E-state index contributed by atoms with van der Waals surface area (Å²) < 4.78 is 0.924. The average Bonchev–Trinajstić information content (AvgIpc) is 3.10. The van der Waals surface area contributed by atoms with Crippen molar-refractivity contribution < 1.29 is 9.28 Å². The quantitative estimate of drug-likeness (QED) is 0.589. The van der Waals surface area contributed by atoms with Gasteiger partial charge in [0.25, 0.3) is 0 Å². The second-order valence-electron chi connectivity index (χ2n) is 7.65. The van der Waals surface area contributed by atoms with Gasteiger partial charge in [0.1, 0.15) is 13.1 Å². The van der Waals surface area contributed by atoms with Crippen LogP contribution in [0.4, 0.5) is 0 Å². The van der Waals surface area contributed by atoms with Crippen molar-refractivity contribution in [2.45, 2.75) is 25.8 Å². The van der Waals surface area contributed by atoms with Gasteiger partial charge in [-0.2, -0.15) is 0 Å². The predicted molar refractivity (Wildman–Crippen MR) is 107 cm³/mol. The summed E-state index contributed by atoms with van der Waals surface area (Å²) in [4.78, 5) is 13.0. The summed E-state index contributed by atoms with van der Waals surface area (Å²) >= 11 is 0. The molecule has 0 saturated carbocycles. The third-order valence-corrected chi connectivity index (χ3v) is 5.66.